The number of hydrogen-bond acceptors (Lipinski definition) is 5. The van der Waals surface area contributed by atoms with E-state index in [2.05, 4.69) is 11.7 Å². The summed E-state index contributed by atoms with van der Waals surface area (Å²) in [7, 11) is 0. The Morgan fingerprint density at radius 2 is 2.21 bits per heavy atom. The number of carbonyl (C=O) groups is 1. The van der Waals surface area contributed by atoms with Gasteiger partial charge in [-0.3, -0.25) is 4.79 Å². The van der Waals surface area contributed by atoms with Gasteiger partial charge in [0.1, 0.15) is 11.8 Å². The third-order valence-electron chi connectivity index (χ3n) is 2.58. The maximum absolute atomic E-state index is 11.9. The molecule has 2 N–H and O–H groups in total. The molecule has 19 heavy (non-hydrogen) atoms. The highest BCUT2D eigenvalue weighted by Crippen LogP contribution is 2.21. The average molecular weight is 273 g/mol. The van der Waals surface area contributed by atoms with Crippen LogP contribution >= 0.6 is 11.8 Å². The quantitative estimate of drug-likeness (QED) is 0.856. The first kappa shape index (κ1) is 13.4. The number of hydrogen-bond donors (Lipinski definition) is 1. The molecule has 1 unspecified atom stereocenters. The normalized spacial score (nSPS) is 18.0. The first-order chi connectivity index (χ1) is 9.22. The second-order valence-corrected chi connectivity index (χ2v) is 4.97. The van der Waals surface area contributed by atoms with Gasteiger partial charge in [-0.25, -0.2) is 5.01 Å². The molecule has 1 aromatic rings. The van der Waals surface area contributed by atoms with Gasteiger partial charge in [-0.05, 0) is 18.2 Å². The summed E-state index contributed by atoms with van der Waals surface area (Å²) in [4.78, 5) is 11.9. The molecule has 0 amide bonds. The number of benzene rings is 1. The second kappa shape index (κ2) is 6.24. The Labute approximate surface area is 116 Å². The van der Waals surface area contributed by atoms with Gasteiger partial charge in [0, 0.05) is 12.0 Å². The molecule has 1 aromatic carbocycles. The van der Waals surface area contributed by atoms with Gasteiger partial charge in [0.15, 0.2) is 0 Å². The first-order valence-corrected chi connectivity index (χ1v) is 6.85. The number of carbonyl (C=O) groups excluding carboxylic acids is 1. The van der Waals surface area contributed by atoms with Gasteiger partial charge in [0.05, 0.1) is 5.69 Å². The minimum absolute atomic E-state index is 0.00916. The minimum Gasteiger partial charge on any atom is -0.385 e. The summed E-state index contributed by atoms with van der Waals surface area (Å²) in [6, 6.07) is 9.63. The number of nitrogens with zero attached hydrogens (tertiary/aromatic N) is 2. The van der Waals surface area contributed by atoms with Crippen LogP contribution in [0.1, 0.15) is 0 Å². The van der Waals surface area contributed by atoms with Crippen molar-refractivity contribution in [3.05, 3.63) is 55.3 Å². The fourth-order valence-electron chi connectivity index (χ4n) is 1.64. The van der Waals surface area contributed by atoms with Crippen molar-refractivity contribution in [1.29, 1.82) is 0 Å². The topological polar surface area (TPSA) is 58.7 Å². The van der Waals surface area contributed by atoms with Gasteiger partial charge in [0.2, 0.25) is 5.12 Å². The van der Waals surface area contributed by atoms with E-state index in [1.165, 1.54) is 11.8 Å². The molecule has 1 aliphatic rings. The highest BCUT2D eigenvalue weighted by Gasteiger charge is 2.23. The van der Waals surface area contributed by atoms with E-state index in [-0.39, 0.29) is 5.12 Å². The summed E-state index contributed by atoms with van der Waals surface area (Å²) in [6.07, 6.45) is 5.23. The molecule has 1 aliphatic heterocycles. The fraction of sp³-hybridized carbons (Fsp3) is 0.143. The molecule has 2 rings (SSSR count). The van der Waals surface area contributed by atoms with Crippen LogP contribution in [0.5, 0.6) is 0 Å². The lowest BCUT2D eigenvalue weighted by atomic mass is 10.1. The van der Waals surface area contributed by atoms with Crippen LogP contribution in [-0.4, -0.2) is 16.7 Å². The average Bonchev–Trinajstić information content (AvgIpc) is 2.45. The zero-order valence-corrected chi connectivity index (χ0v) is 11.2. The van der Waals surface area contributed by atoms with E-state index < -0.39 is 5.92 Å². The number of thioether (sulfide) groups is 1. The van der Waals surface area contributed by atoms with Gasteiger partial charge >= 0.3 is 0 Å². The Morgan fingerprint density at radius 3 is 2.84 bits per heavy atom. The second-order valence-electron chi connectivity index (χ2n) is 3.94. The number of para-hydroxylation sites is 1. The third kappa shape index (κ3) is 3.26. The Balaban J connectivity index is 2.10. The van der Waals surface area contributed by atoms with Crippen molar-refractivity contribution in [3.63, 3.8) is 0 Å². The Kier molecular flexibility index (Phi) is 4.41. The molecule has 98 valence electrons. The van der Waals surface area contributed by atoms with Gasteiger partial charge < -0.3 is 5.73 Å². The smallest absolute Gasteiger partial charge is 0.203 e. The molecule has 5 heteroatoms. The van der Waals surface area contributed by atoms with Gasteiger partial charge in [-0.1, -0.05) is 36.0 Å². The van der Waals surface area contributed by atoms with Crippen LogP contribution in [0, 0.1) is 5.92 Å². The summed E-state index contributed by atoms with van der Waals surface area (Å²) in [5, 5.41) is 5.90. The number of hydrazone groups is 1. The summed E-state index contributed by atoms with van der Waals surface area (Å²) < 4.78 is 0. The van der Waals surface area contributed by atoms with E-state index in [4.69, 9.17) is 5.73 Å². The maximum atomic E-state index is 11.9. The standard InChI is InChI=1S/C14H15N3OS/c1-2-10-19-14(18)12-8-9-17(16-13(12)15)11-6-4-3-5-7-11/h2-9,12H,1,10H2,(H2,15,16). The summed E-state index contributed by atoms with van der Waals surface area (Å²) in [5.74, 6) is 0.441. The van der Waals surface area contributed by atoms with Crippen molar-refractivity contribution < 1.29 is 4.79 Å². The predicted octanol–water partition coefficient (Wildman–Crippen LogP) is 2.35. The molecule has 0 spiro atoms. The van der Waals surface area contributed by atoms with Crippen molar-refractivity contribution in [2.75, 3.05) is 10.8 Å². The number of anilines is 1. The predicted molar refractivity (Wildman–Crippen MR) is 80.8 cm³/mol. The van der Waals surface area contributed by atoms with Crippen molar-refractivity contribution in [3.8, 4) is 0 Å². The maximum Gasteiger partial charge on any atom is 0.203 e. The van der Waals surface area contributed by atoms with Crippen LogP contribution in [0.25, 0.3) is 0 Å². The lowest BCUT2D eigenvalue weighted by Gasteiger charge is -2.22. The van der Waals surface area contributed by atoms with Crippen molar-refractivity contribution >= 4 is 28.4 Å². The number of nitrogens with two attached hydrogens (primary N) is 1. The Morgan fingerprint density at radius 1 is 1.47 bits per heavy atom. The molecule has 0 aromatic heterocycles. The largest absolute Gasteiger partial charge is 0.385 e. The fourth-order valence-corrected chi connectivity index (χ4v) is 2.30. The molecular formula is C14H15N3OS. The monoisotopic (exact) mass is 273 g/mol. The van der Waals surface area contributed by atoms with Crippen LogP contribution in [-0.2, 0) is 4.79 Å². The van der Waals surface area contributed by atoms with E-state index in [0.717, 1.165) is 5.69 Å². The molecule has 0 radical (unpaired) electrons. The van der Waals surface area contributed by atoms with Crippen LogP contribution in [0.2, 0.25) is 0 Å². The Hall–Kier alpha value is -2.01. The molecule has 1 atom stereocenters. The number of amidine groups is 1. The van der Waals surface area contributed by atoms with Crippen LogP contribution in [0.3, 0.4) is 0 Å². The molecular weight excluding hydrogens is 258 g/mol. The van der Waals surface area contributed by atoms with E-state index in [1.54, 1.807) is 23.4 Å². The van der Waals surface area contributed by atoms with Gasteiger partial charge in [-0.2, -0.15) is 5.10 Å². The summed E-state index contributed by atoms with van der Waals surface area (Å²) in [5.41, 5.74) is 6.79. The molecule has 1 heterocycles. The SMILES string of the molecule is C=CCSC(=O)C1C=CN(c2ccccc2)N=C1N. The molecule has 0 fully saturated rings. The highest BCUT2D eigenvalue weighted by molar-refractivity contribution is 8.13. The molecule has 4 nitrogen and oxygen atoms in total. The summed E-state index contributed by atoms with van der Waals surface area (Å²) in [6.45, 7) is 3.59. The van der Waals surface area contributed by atoms with E-state index in [0.29, 0.717) is 11.6 Å². The Bertz CT molecular complexity index is 525. The van der Waals surface area contributed by atoms with Crippen LogP contribution in [0.15, 0.2) is 60.4 Å². The minimum atomic E-state index is -0.454. The molecule has 0 bridgehead atoms. The van der Waals surface area contributed by atoms with Crippen LogP contribution < -0.4 is 10.7 Å². The van der Waals surface area contributed by atoms with Gasteiger partial charge in [0.25, 0.3) is 0 Å². The van der Waals surface area contributed by atoms with Crippen molar-refractivity contribution in [1.82, 2.24) is 0 Å². The zero-order chi connectivity index (χ0) is 13.7. The molecule has 0 aliphatic carbocycles. The highest BCUT2D eigenvalue weighted by atomic mass is 32.2. The van der Waals surface area contributed by atoms with E-state index in [1.807, 2.05) is 30.3 Å². The zero-order valence-electron chi connectivity index (χ0n) is 10.4. The lowest BCUT2D eigenvalue weighted by molar-refractivity contribution is -0.111. The van der Waals surface area contributed by atoms with Crippen LogP contribution in [0.4, 0.5) is 5.69 Å². The third-order valence-corrected chi connectivity index (χ3v) is 3.52. The van der Waals surface area contributed by atoms with E-state index in [9.17, 15) is 4.79 Å². The van der Waals surface area contributed by atoms with Gasteiger partial charge in [-0.15, -0.1) is 6.58 Å². The van der Waals surface area contributed by atoms with Crippen molar-refractivity contribution in [2.45, 2.75) is 0 Å². The number of rotatable bonds is 4. The molecule has 0 saturated heterocycles. The van der Waals surface area contributed by atoms with E-state index >= 15 is 0 Å². The first-order valence-electron chi connectivity index (χ1n) is 5.86. The van der Waals surface area contributed by atoms with Crippen molar-refractivity contribution in [2.24, 2.45) is 16.8 Å². The summed E-state index contributed by atoms with van der Waals surface area (Å²) >= 11 is 1.20. The molecule has 0 saturated carbocycles. The lowest BCUT2D eigenvalue weighted by Crippen LogP contribution is -2.33.